The van der Waals surface area contributed by atoms with Crippen LogP contribution in [0.15, 0.2) is 48.7 Å². The number of anilines is 2. The highest BCUT2D eigenvalue weighted by molar-refractivity contribution is 7.69. The second-order valence-corrected chi connectivity index (χ2v) is 11.4. The van der Waals surface area contributed by atoms with E-state index in [-0.39, 0.29) is 38.9 Å². The van der Waals surface area contributed by atoms with Crippen molar-refractivity contribution in [3.63, 3.8) is 0 Å². The average molecular weight is 507 g/mol. The van der Waals surface area contributed by atoms with E-state index in [1.54, 1.807) is 44.5 Å². The standard InChI is InChI=1S/C23H19ClF3N4O2P/c1-12-19(24)22(30-15-6-4-5-7-17(15)33-23(26)27)21-16(29-12)10-14(25)20(31-21)13-8-9-18(28-11-13)34(2,3)32/h4-11,23H,1-3H3,(H,29,30). The highest BCUT2D eigenvalue weighted by atomic mass is 35.5. The Morgan fingerprint density at radius 1 is 1.12 bits per heavy atom. The van der Waals surface area contributed by atoms with Crippen molar-refractivity contribution in [1.82, 2.24) is 15.0 Å². The van der Waals surface area contributed by atoms with E-state index in [2.05, 4.69) is 25.0 Å². The lowest BCUT2D eigenvalue weighted by Gasteiger charge is -2.16. The normalized spacial score (nSPS) is 11.8. The van der Waals surface area contributed by atoms with Crippen molar-refractivity contribution in [2.75, 3.05) is 18.6 Å². The number of hydrogen-bond donors (Lipinski definition) is 1. The summed E-state index contributed by atoms with van der Waals surface area (Å²) in [6.45, 7) is 1.79. The summed E-state index contributed by atoms with van der Waals surface area (Å²) >= 11 is 6.50. The van der Waals surface area contributed by atoms with Crippen molar-refractivity contribution >= 4 is 46.6 Å². The smallest absolute Gasteiger partial charge is 0.387 e. The summed E-state index contributed by atoms with van der Waals surface area (Å²) in [5.41, 5.74) is 2.06. The van der Waals surface area contributed by atoms with Gasteiger partial charge in [-0.1, -0.05) is 23.7 Å². The zero-order valence-electron chi connectivity index (χ0n) is 18.3. The fraction of sp³-hybridized carbons (Fsp3) is 0.174. The van der Waals surface area contributed by atoms with E-state index in [9.17, 15) is 17.7 Å². The third kappa shape index (κ3) is 4.86. The van der Waals surface area contributed by atoms with Gasteiger partial charge < -0.3 is 14.6 Å². The van der Waals surface area contributed by atoms with E-state index in [1.807, 2.05) is 0 Å². The number of para-hydroxylation sites is 2. The third-order valence-electron chi connectivity index (χ3n) is 4.95. The number of nitrogens with one attached hydrogen (secondary N) is 1. The predicted molar refractivity (Wildman–Crippen MR) is 128 cm³/mol. The SMILES string of the molecule is Cc1nc2cc(F)c(-c3ccc(P(C)(C)=O)nc3)nc2c(Nc2ccccc2OC(F)F)c1Cl. The fourth-order valence-corrected chi connectivity index (χ4v) is 4.28. The Bertz CT molecular complexity index is 1430. The first-order chi connectivity index (χ1) is 16.0. The molecule has 0 radical (unpaired) electrons. The molecule has 3 heterocycles. The number of halogens is 4. The number of benzene rings is 1. The topological polar surface area (TPSA) is 77.0 Å². The fourth-order valence-electron chi connectivity index (χ4n) is 3.33. The number of aromatic nitrogens is 3. The second-order valence-electron chi connectivity index (χ2n) is 7.83. The van der Waals surface area contributed by atoms with E-state index in [0.717, 1.165) is 0 Å². The minimum atomic E-state index is -3.02. The van der Waals surface area contributed by atoms with Gasteiger partial charge in [0.1, 0.15) is 24.1 Å². The van der Waals surface area contributed by atoms with Crippen LogP contribution in [0.5, 0.6) is 5.75 Å². The van der Waals surface area contributed by atoms with Gasteiger partial charge >= 0.3 is 6.61 Å². The quantitative estimate of drug-likeness (QED) is 0.306. The van der Waals surface area contributed by atoms with Crippen molar-refractivity contribution in [1.29, 1.82) is 0 Å². The zero-order chi connectivity index (χ0) is 24.6. The molecule has 0 spiro atoms. The van der Waals surface area contributed by atoms with Crippen LogP contribution in [-0.2, 0) is 4.57 Å². The van der Waals surface area contributed by atoms with Gasteiger partial charge in [0.25, 0.3) is 0 Å². The van der Waals surface area contributed by atoms with E-state index in [0.29, 0.717) is 16.7 Å². The number of rotatable bonds is 6. The van der Waals surface area contributed by atoms with E-state index < -0.39 is 19.6 Å². The lowest BCUT2D eigenvalue weighted by molar-refractivity contribution is -0.0493. The second kappa shape index (κ2) is 9.24. The minimum Gasteiger partial charge on any atom is -0.433 e. The molecule has 176 valence electrons. The van der Waals surface area contributed by atoms with Gasteiger partial charge in [-0.3, -0.25) is 4.98 Å². The highest BCUT2D eigenvalue weighted by Gasteiger charge is 2.20. The summed E-state index contributed by atoms with van der Waals surface area (Å²) in [4.78, 5) is 12.9. The lowest BCUT2D eigenvalue weighted by Crippen LogP contribution is -2.08. The molecule has 0 atom stereocenters. The number of pyridine rings is 3. The van der Waals surface area contributed by atoms with Crippen LogP contribution < -0.4 is 15.5 Å². The molecule has 0 aliphatic heterocycles. The number of fused-ring (bicyclic) bond motifs is 1. The molecule has 0 amide bonds. The van der Waals surface area contributed by atoms with E-state index >= 15 is 0 Å². The minimum absolute atomic E-state index is 0.0181. The molecular formula is C23H19ClF3N4O2P. The summed E-state index contributed by atoms with van der Waals surface area (Å²) in [5, 5.41) is 3.18. The molecule has 0 bridgehead atoms. The maximum absolute atomic E-state index is 15.0. The number of alkyl halides is 2. The van der Waals surface area contributed by atoms with Crippen LogP contribution in [0, 0.1) is 12.7 Å². The van der Waals surface area contributed by atoms with Gasteiger partial charge in [0.05, 0.1) is 33.0 Å². The maximum Gasteiger partial charge on any atom is 0.387 e. The number of aryl methyl sites for hydroxylation is 1. The van der Waals surface area contributed by atoms with Crippen LogP contribution in [0.1, 0.15) is 5.69 Å². The Labute approximate surface area is 198 Å². The third-order valence-corrected chi connectivity index (χ3v) is 6.78. The van der Waals surface area contributed by atoms with Crippen LogP contribution >= 0.6 is 18.7 Å². The molecule has 1 aromatic carbocycles. The predicted octanol–water partition coefficient (Wildman–Crippen LogP) is 6.39. The van der Waals surface area contributed by atoms with Gasteiger partial charge in [0, 0.05) is 17.8 Å². The largest absolute Gasteiger partial charge is 0.433 e. The number of hydrogen-bond acceptors (Lipinski definition) is 6. The molecule has 0 aliphatic carbocycles. The Morgan fingerprint density at radius 3 is 2.50 bits per heavy atom. The molecule has 0 saturated heterocycles. The molecule has 0 fully saturated rings. The van der Waals surface area contributed by atoms with Crippen LogP contribution in [0.25, 0.3) is 22.3 Å². The Hall–Kier alpha value is -3.16. The summed E-state index contributed by atoms with van der Waals surface area (Å²) in [7, 11) is -2.58. The number of ether oxygens (including phenoxy) is 1. The Kier molecular flexibility index (Phi) is 6.51. The van der Waals surface area contributed by atoms with Crippen molar-refractivity contribution in [3.8, 4) is 17.0 Å². The van der Waals surface area contributed by atoms with Crippen LogP contribution in [0.3, 0.4) is 0 Å². The van der Waals surface area contributed by atoms with Crippen molar-refractivity contribution < 1.29 is 22.5 Å². The molecule has 3 aromatic heterocycles. The van der Waals surface area contributed by atoms with Crippen molar-refractivity contribution in [2.45, 2.75) is 13.5 Å². The van der Waals surface area contributed by atoms with Gasteiger partial charge in [-0.15, -0.1) is 0 Å². The van der Waals surface area contributed by atoms with E-state index in [1.165, 1.54) is 24.4 Å². The summed E-state index contributed by atoms with van der Waals surface area (Å²) in [6, 6.07) is 10.5. The molecule has 1 N–H and O–H groups in total. The zero-order valence-corrected chi connectivity index (χ0v) is 20.0. The molecule has 0 aliphatic rings. The lowest BCUT2D eigenvalue weighted by atomic mass is 10.1. The Balaban J connectivity index is 1.86. The number of nitrogens with zero attached hydrogens (tertiary/aromatic N) is 3. The van der Waals surface area contributed by atoms with Gasteiger partial charge in [-0.2, -0.15) is 8.78 Å². The summed E-state index contributed by atoms with van der Waals surface area (Å²) in [6.07, 6.45) is 1.40. The molecule has 0 unspecified atom stereocenters. The van der Waals surface area contributed by atoms with Crippen molar-refractivity contribution in [2.24, 2.45) is 0 Å². The van der Waals surface area contributed by atoms with Gasteiger partial charge in [0.15, 0.2) is 5.82 Å². The first-order valence-corrected chi connectivity index (χ1v) is 13.0. The molecule has 34 heavy (non-hydrogen) atoms. The van der Waals surface area contributed by atoms with Crippen LogP contribution in [0.2, 0.25) is 5.02 Å². The molecule has 4 aromatic rings. The first-order valence-electron chi connectivity index (χ1n) is 10.0. The molecule has 11 heteroatoms. The van der Waals surface area contributed by atoms with Crippen molar-refractivity contribution in [3.05, 3.63) is 65.2 Å². The van der Waals surface area contributed by atoms with Gasteiger partial charge in [0.2, 0.25) is 0 Å². The monoisotopic (exact) mass is 506 g/mol. The summed E-state index contributed by atoms with van der Waals surface area (Å²) < 4.78 is 57.5. The van der Waals surface area contributed by atoms with Gasteiger partial charge in [-0.25, -0.2) is 14.4 Å². The van der Waals surface area contributed by atoms with Crippen LogP contribution in [0.4, 0.5) is 24.5 Å². The summed E-state index contributed by atoms with van der Waals surface area (Å²) in [5.74, 6) is -0.735. The first kappa shape index (κ1) is 24.0. The molecule has 6 nitrogen and oxygen atoms in total. The average Bonchev–Trinajstić information content (AvgIpc) is 2.77. The molecule has 0 saturated carbocycles. The molecule has 4 rings (SSSR count). The molecular weight excluding hydrogens is 488 g/mol. The van der Waals surface area contributed by atoms with E-state index in [4.69, 9.17) is 11.6 Å². The highest BCUT2D eigenvalue weighted by Crippen LogP contribution is 2.38. The Morgan fingerprint density at radius 2 is 1.85 bits per heavy atom. The van der Waals surface area contributed by atoms with Gasteiger partial charge in [-0.05, 0) is 44.5 Å². The van der Waals surface area contributed by atoms with Crippen LogP contribution in [-0.4, -0.2) is 34.9 Å². The maximum atomic E-state index is 15.0.